The second kappa shape index (κ2) is 4.08. The van der Waals surface area contributed by atoms with E-state index in [4.69, 9.17) is 0 Å². The van der Waals surface area contributed by atoms with Crippen molar-refractivity contribution in [2.24, 2.45) is 7.05 Å². The average Bonchev–Trinajstić information content (AvgIpc) is 2.45. The van der Waals surface area contributed by atoms with Crippen molar-refractivity contribution in [2.45, 2.75) is 19.9 Å². The van der Waals surface area contributed by atoms with E-state index in [9.17, 15) is 4.79 Å². The molecule has 0 aliphatic carbocycles. The molecule has 0 radical (unpaired) electrons. The van der Waals surface area contributed by atoms with Crippen molar-refractivity contribution in [3.63, 3.8) is 0 Å². The summed E-state index contributed by atoms with van der Waals surface area (Å²) in [6.45, 7) is 3.79. The summed E-state index contributed by atoms with van der Waals surface area (Å²) >= 11 is 0. The number of anilines is 1. The summed E-state index contributed by atoms with van der Waals surface area (Å²) in [6, 6.07) is 0.0947. The highest BCUT2D eigenvalue weighted by atomic mass is 16.2. The zero-order valence-corrected chi connectivity index (χ0v) is 8.83. The molecule has 6 heteroatoms. The normalized spacial score (nSPS) is 10.4. The molecule has 1 rings (SSSR count). The van der Waals surface area contributed by atoms with E-state index in [1.54, 1.807) is 18.7 Å². The predicted octanol–water partition coefficient (Wildman–Crippen LogP) is -0.00500. The van der Waals surface area contributed by atoms with E-state index in [0.29, 0.717) is 11.8 Å². The molecule has 1 heterocycles. The van der Waals surface area contributed by atoms with Crippen LogP contribution < -0.4 is 10.6 Å². The van der Waals surface area contributed by atoms with Crippen LogP contribution in [0.3, 0.4) is 0 Å². The first kappa shape index (κ1) is 10.5. The van der Waals surface area contributed by atoms with Gasteiger partial charge in [0.25, 0.3) is 5.91 Å². The molecule has 1 aromatic heterocycles. The number of nitrogens with zero attached hydrogens (tertiary/aromatic N) is 3. The Kier molecular flexibility index (Phi) is 3.06. The van der Waals surface area contributed by atoms with Gasteiger partial charge in [-0.2, -0.15) is 0 Å². The van der Waals surface area contributed by atoms with Crippen LogP contribution in [0, 0.1) is 0 Å². The van der Waals surface area contributed by atoms with Crippen LogP contribution in [-0.2, 0) is 7.05 Å². The first-order chi connectivity index (χ1) is 6.56. The minimum absolute atomic E-state index is 0.0947. The summed E-state index contributed by atoms with van der Waals surface area (Å²) in [5, 5.41) is 13.2. The van der Waals surface area contributed by atoms with Crippen molar-refractivity contribution in [1.82, 2.24) is 20.1 Å². The van der Waals surface area contributed by atoms with E-state index in [1.807, 2.05) is 13.8 Å². The van der Waals surface area contributed by atoms with E-state index in [1.165, 1.54) is 0 Å². The van der Waals surface area contributed by atoms with Gasteiger partial charge in [-0.15, -0.1) is 10.2 Å². The molecule has 0 aliphatic heterocycles. The number of rotatable bonds is 3. The molecular weight excluding hydrogens is 182 g/mol. The number of hydrogen-bond donors (Lipinski definition) is 2. The van der Waals surface area contributed by atoms with Gasteiger partial charge in [0.15, 0.2) is 0 Å². The third-order valence-corrected chi connectivity index (χ3v) is 1.72. The molecule has 0 spiro atoms. The number of amides is 1. The largest absolute Gasteiger partial charge is 0.357 e. The zero-order chi connectivity index (χ0) is 10.7. The second-order valence-corrected chi connectivity index (χ2v) is 3.28. The van der Waals surface area contributed by atoms with Crippen molar-refractivity contribution in [3.8, 4) is 0 Å². The van der Waals surface area contributed by atoms with Crippen LogP contribution in [0.15, 0.2) is 0 Å². The molecule has 1 amide bonds. The maximum atomic E-state index is 11.5. The Morgan fingerprint density at radius 3 is 2.50 bits per heavy atom. The molecule has 0 atom stereocenters. The molecule has 0 saturated carbocycles. The second-order valence-electron chi connectivity index (χ2n) is 3.28. The lowest BCUT2D eigenvalue weighted by atomic mass is 10.4. The minimum Gasteiger partial charge on any atom is -0.357 e. The molecular formula is C8H15N5O. The SMILES string of the molecule is CNc1nnc(C(=O)NC(C)C)n1C. The third kappa shape index (κ3) is 2.01. The van der Waals surface area contributed by atoms with E-state index in [2.05, 4.69) is 20.8 Å². The van der Waals surface area contributed by atoms with Gasteiger partial charge in [0.05, 0.1) is 0 Å². The fourth-order valence-corrected chi connectivity index (χ4v) is 1.07. The minimum atomic E-state index is -0.212. The predicted molar refractivity (Wildman–Crippen MR) is 53.2 cm³/mol. The Bertz CT molecular complexity index is 330. The van der Waals surface area contributed by atoms with Gasteiger partial charge in [-0.3, -0.25) is 9.36 Å². The van der Waals surface area contributed by atoms with E-state index in [0.717, 1.165) is 0 Å². The highest BCUT2D eigenvalue weighted by molar-refractivity contribution is 5.91. The maximum absolute atomic E-state index is 11.5. The van der Waals surface area contributed by atoms with Crippen LogP contribution >= 0.6 is 0 Å². The van der Waals surface area contributed by atoms with Gasteiger partial charge in [0.1, 0.15) is 0 Å². The summed E-state index contributed by atoms with van der Waals surface area (Å²) in [5.41, 5.74) is 0. The Morgan fingerprint density at radius 2 is 2.07 bits per heavy atom. The van der Waals surface area contributed by atoms with Gasteiger partial charge in [-0.25, -0.2) is 0 Å². The number of carbonyl (C=O) groups excluding carboxylic acids is 1. The van der Waals surface area contributed by atoms with Crippen molar-refractivity contribution < 1.29 is 4.79 Å². The summed E-state index contributed by atoms with van der Waals surface area (Å²) in [5.74, 6) is 0.665. The maximum Gasteiger partial charge on any atom is 0.289 e. The van der Waals surface area contributed by atoms with Crippen molar-refractivity contribution in [2.75, 3.05) is 12.4 Å². The number of carbonyl (C=O) groups is 1. The van der Waals surface area contributed by atoms with Crippen molar-refractivity contribution in [3.05, 3.63) is 5.82 Å². The van der Waals surface area contributed by atoms with Gasteiger partial charge in [0, 0.05) is 20.1 Å². The highest BCUT2D eigenvalue weighted by Crippen LogP contribution is 2.03. The molecule has 0 aromatic carbocycles. The molecule has 0 aliphatic rings. The van der Waals surface area contributed by atoms with Gasteiger partial charge < -0.3 is 10.6 Å². The molecule has 6 nitrogen and oxygen atoms in total. The zero-order valence-electron chi connectivity index (χ0n) is 8.83. The molecule has 1 aromatic rings. The van der Waals surface area contributed by atoms with Crippen molar-refractivity contribution in [1.29, 1.82) is 0 Å². The van der Waals surface area contributed by atoms with Gasteiger partial charge in [0.2, 0.25) is 11.8 Å². The van der Waals surface area contributed by atoms with E-state index < -0.39 is 0 Å². The standard InChI is InChI=1S/C8H15N5O/c1-5(2)10-7(14)6-11-12-8(9-3)13(6)4/h5H,1-4H3,(H,9,12)(H,10,14). The average molecular weight is 197 g/mol. The number of nitrogens with one attached hydrogen (secondary N) is 2. The molecule has 0 fully saturated rings. The first-order valence-corrected chi connectivity index (χ1v) is 4.44. The molecule has 0 bridgehead atoms. The van der Waals surface area contributed by atoms with Crippen LogP contribution in [0.5, 0.6) is 0 Å². The highest BCUT2D eigenvalue weighted by Gasteiger charge is 2.15. The quantitative estimate of drug-likeness (QED) is 0.715. The summed E-state index contributed by atoms with van der Waals surface area (Å²) in [6.07, 6.45) is 0. The van der Waals surface area contributed by atoms with Crippen LogP contribution in [0.4, 0.5) is 5.95 Å². The smallest absolute Gasteiger partial charge is 0.289 e. The lowest BCUT2D eigenvalue weighted by Gasteiger charge is -2.07. The monoisotopic (exact) mass is 197 g/mol. The molecule has 0 saturated heterocycles. The topological polar surface area (TPSA) is 71.8 Å². The third-order valence-electron chi connectivity index (χ3n) is 1.72. The molecule has 0 unspecified atom stereocenters. The lowest BCUT2D eigenvalue weighted by molar-refractivity contribution is 0.0929. The van der Waals surface area contributed by atoms with Gasteiger partial charge in [-0.1, -0.05) is 0 Å². The Morgan fingerprint density at radius 1 is 1.43 bits per heavy atom. The van der Waals surface area contributed by atoms with Crippen LogP contribution in [0.25, 0.3) is 0 Å². The molecule has 2 N–H and O–H groups in total. The van der Waals surface area contributed by atoms with Crippen LogP contribution in [0.1, 0.15) is 24.5 Å². The van der Waals surface area contributed by atoms with Gasteiger partial charge >= 0.3 is 0 Å². The van der Waals surface area contributed by atoms with Crippen LogP contribution in [-0.4, -0.2) is 33.8 Å². The number of aromatic nitrogens is 3. The first-order valence-electron chi connectivity index (χ1n) is 4.44. The fourth-order valence-electron chi connectivity index (χ4n) is 1.07. The molecule has 14 heavy (non-hydrogen) atoms. The Hall–Kier alpha value is -1.59. The Balaban J connectivity index is 2.85. The van der Waals surface area contributed by atoms with Crippen molar-refractivity contribution >= 4 is 11.9 Å². The van der Waals surface area contributed by atoms with E-state index in [-0.39, 0.29) is 11.9 Å². The van der Waals surface area contributed by atoms with Gasteiger partial charge in [-0.05, 0) is 13.8 Å². The lowest BCUT2D eigenvalue weighted by Crippen LogP contribution is -2.32. The Labute approximate surface area is 82.7 Å². The number of hydrogen-bond acceptors (Lipinski definition) is 4. The fraction of sp³-hybridized carbons (Fsp3) is 0.625. The van der Waals surface area contributed by atoms with Crippen LogP contribution in [0.2, 0.25) is 0 Å². The van der Waals surface area contributed by atoms with E-state index >= 15 is 0 Å². The molecule has 78 valence electrons. The summed E-state index contributed by atoms with van der Waals surface area (Å²) < 4.78 is 1.61. The summed E-state index contributed by atoms with van der Waals surface area (Å²) in [4.78, 5) is 11.5. The summed E-state index contributed by atoms with van der Waals surface area (Å²) in [7, 11) is 3.47.